The summed E-state index contributed by atoms with van der Waals surface area (Å²) in [5.41, 5.74) is 6.39. The van der Waals surface area contributed by atoms with Crippen molar-refractivity contribution in [1.82, 2.24) is 0 Å². The molecule has 0 radical (unpaired) electrons. The number of benzene rings is 2. The van der Waals surface area contributed by atoms with Crippen LogP contribution in [-0.2, 0) is 16.5 Å². The Morgan fingerprint density at radius 2 is 0.580 bits per heavy atom. The van der Waals surface area contributed by atoms with Gasteiger partial charge in [0.25, 0.3) is 0 Å². The summed E-state index contributed by atoms with van der Waals surface area (Å²) in [6.07, 6.45) is 58.7. The standard InChI is InChI=1S/C66H108N2.Ni/c1-5-9-13-16-18-20-22-24-26-28-30-32-34-36-38-40-42-44-46-51-61-53-49-55-63(59-61)67-65(57-12-8-4)66(58-48-15-11-7-3)68-64-56-50-54-62(60-64)52-47-45-43-41-39-37-35-33-31-29-27-25-23-21-19-17-14-10-6-2;/h49-50,53-56,59-60H,5-45,48,57-58H2,1-4H3;. The van der Waals surface area contributed by atoms with Crippen molar-refractivity contribution in [1.29, 1.82) is 0 Å². The van der Waals surface area contributed by atoms with E-state index in [2.05, 4.69) is 99.9 Å². The number of nitrogens with zero attached hydrogens (tertiary/aromatic N) is 2. The second-order valence-corrected chi connectivity index (χ2v) is 20.5. The molecule has 2 nitrogen and oxygen atoms in total. The Hall–Kier alpha value is -2.61. The minimum absolute atomic E-state index is 0. The van der Waals surface area contributed by atoms with E-state index in [1.165, 1.54) is 238 Å². The topological polar surface area (TPSA) is 24.7 Å². The molecule has 3 heteroatoms. The van der Waals surface area contributed by atoms with Gasteiger partial charge >= 0.3 is 0 Å². The Morgan fingerprint density at radius 3 is 0.884 bits per heavy atom. The van der Waals surface area contributed by atoms with E-state index in [0.717, 1.165) is 78.9 Å². The van der Waals surface area contributed by atoms with Crippen molar-refractivity contribution in [3.63, 3.8) is 0 Å². The fourth-order valence-corrected chi connectivity index (χ4v) is 9.42. The third kappa shape index (κ3) is 39.7. The molecule has 2 aromatic rings. The van der Waals surface area contributed by atoms with Crippen LogP contribution in [0.25, 0.3) is 0 Å². The van der Waals surface area contributed by atoms with Gasteiger partial charge in [-0.1, -0.05) is 295 Å². The van der Waals surface area contributed by atoms with Gasteiger partial charge in [0.2, 0.25) is 0 Å². The Balaban J connectivity index is 0.0000238. The predicted molar refractivity (Wildman–Crippen MR) is 307 cm³/mol. The van der Waals surface area contributed by atoms with Crippen LogP contribution < -0.4 is 0 Å². The first-order valence-electron chi connectivity index (χ1n) is 30.0. The smallest absolute Gasteiger partial charge is 0.0646 e. The number of hydrogen-bond acceptors (Lipinski definition) is 2. The normalized spacial score (nSPS) is 11.5. The van der Waals surface area contributed by atoms with Gasteiger partial charge in [-0.05, 0) is 74.9 Å². The summed E-state index contributed by atoms with van der Waals surface area (Å²) in [7, 11) is 0. The number of rotatable bonds is 45. The largest absolute Gasteiger partial charge is 0.252 e. The van der Waals surface area contributed by atoms with E-state index in [1.54, 1.807) is 0 Å². The molecule has 392 valence electrons. The second kappa shape index (κ2) is 50.3. The summed E-state index contributed by atoms with van der Waals surface area (Å²) >= 11 is 0. The molecule has 0 atom stereocenters. The molecule has 69 heavy (non-hydrogen) atoms. The van der Waals surface area contributed by atoms with Gasteiger partial charge in [0.15, 0.2) is 0 Å². The van der Waals surface area contributed by atoms with Gasteiger partial charge in [-0.25, -0.2) is 0 Å². The van der Waals surface area contributed by atoms with Crippen LogP contribution in [0.3, 0.4) is 0 Å². The van der Waals surface area contributed by atoms with Crippen molar-refractivity contribution in [3.05, 3.63) is 59.7 Å². The molecule has 0 fully saturated rings. The average molecular weight is 988 g/mol. The van der Waals surface area contributed by atoms with Crippen molar-refractivity contribution in [2.45, 2.75) is 310 Å². The molecule has 2 rings (SSSR count). The van der Waals surface area contributed by atoms with Crippen LogP contribution in [0.5, 0.6) is 0 Å². The SMILES string of the molecule is CCCCCCCCCCCCCCCCCCCC#Cc1cccc(N=C(CCCC)C(CCCCCC)=Nc2cccc(C#CCCCCCCCCCCCCCCCCCCC)c2)c1.[Ni]. The number of aliphatic imine (C=N–C) groups is 2. The van der Waals surface area contributed by atoms with E-state index in [1.807, 2.05) is 0 Å². The fraction of sp³-hybridized carbons (Fsp3) is 0.727. The molecule has 0 N–H and O–H groups in total. The maximum Gasteiger partial charge on any atom is 0.0646 e. The van der Waals surface area contributed by atoms with E-state index in [9.17, 15) is 0 Å². The zero-order chi connectivity index (χ0) is 48.5. The summed E-state index contributed by atoms with van der Waals surface area (Å²) in [5, 5.41) is 0. The molecule has 0 aliphatic carbocycles. The first kappa shape index (κ1) is 64.4. The minimum atomic E-state index is 0. The zero-order valence-corrected chi connectivity index (χ0v) is 46.9. The molecule has 0 saturated heterocycles. The summed E-state index contributed by atoms with van der Waals surface area (Å²) in [5.74, 6) is 13.9. The molecule has 0 spiro atoms. The molecular weight excluding hydrogens is 879 g/mol. The van der Waals surface area contributed by atoms with Crippen LogP contribution in [0, 0.1) is 23.7 Å². The Kier molecular flexibility index (Phi) is 47.0. The zero-order valence-electron chi connectivity index (χ0n) is 45.9. The van der Waals surface area contributed by atoms with Gasteiger partial charge in [-0.3, -0.25) is 9.98 Å². The number of hydrogen-bond donors (Lipinski definition) is 0. The Bertz CT molecular complexity index is 1630. The quantitative estimate of drug-likeness (QED) is 0.0273. The van der Waals surface area contributed by atoms with Gasteiger partial charge in [-0.15, -0.1) is 0 Å². The van der Waals surface area contributed by atoms with Crippen LogP contribution in [0.2, 0.25) is 0 Å². The van der Waals surface area contributed by atoms with E-state index < -0.39 is 0 Å². The molecule has 0 unspecified atom stereocenters. The summed E-state index contributed by atoms with van der Waals surface area (Å²) in [4.78, 5) is 10.7. The minimum Gasteiger partial charge on any atom is -0.252 e. The Morgan fingerprint density at radius 1 is 0.319 bits per heavy atom. The van der Waals surface area contributed by atoms with Gasteiger partial charge in [0.05, 0.1) is 22.8 Å². The van der Waals surface area contributed by atoms with Gasteiger partial charge < -0.3 is 0 Å². The monoisotopic (exact) mass is 987 g/mol. The molecule has 2 aromatic carbocycles. The van der Waals surface area contributed by atoms with Crippen molar-refractivity contribution in [2.24, 2.45) is 9.98 Å². The van der Waals surface area contributed by atoms with Crippen LogP contribution in [-0.4, -0.2) is 11.4 Å². The molecule has 0 bridgehead atoms. The van der Waals surface area contributed by atoms with Gasteiger partial charge in [0.1, 0.15) is 0 Å². The van der Waals surface area contributed by atoms with Crippen LogP contribution >= 0.6 is 0 Å². The third-order valence-electron chi connectivity index (χ3n) is 13.9. The second-order valence-electron chi connectivity index (χ2n) is 20.5. The number of unbranched alkanes of at least 4 members (excludes halogenated alkanes) is 38. The summed E-state index contributed by atoms with van der Waals surface area (Å²) < 4.78 is 0. The molecular formula is C66H108N2Ni. The van der Waals surface area contributed by atoms with Crippen LogP contribution in [0.15, 0.2) is 58.5 Å². The van der Waals surface area contributed by atoms with Crippen LogP contribution in [0.4, 0.5) is 11.4 Å². The van der Waals surface area contributed by atoms with E-state index in [4.69, 9.17) is 9.98 Å². The first-order chi connectivity index (χ1) is 33.7. The van der Waals surface area contributed by atoms with E-state index in [0.29, 0.717) is 0 Å². The molecule has 0 aliphatic heterocycles. The summed E-state index contributed by atoms with van der Waals surface area (Å²) in [6, 6.07) is 17.2. The molecule has 0 saturated carbocycles. The van der Waals surface area contributed by atoms with Gasteiger partial charge in [-0.2, -0.15) is 0 Å². The summed E-state index contributed by atoms with van der Waals surface area (Å²) in [6.45, 7) is 9.17. The molecule has 0 aliphatic rings. The Labute approximate surface area is 440 Å². The van der Waals surface area contributed by atoms with Crippen molar-refractivity contribution in [3.8, 4) is 23.7 Å². The predicted octanol–water partition coefficient (Wildman–Crippen LogP) is 22.5. The fourth-order valence-electron chi connectivity index (χ4n) is 9.42. The molecule has 0 aromatic heterocycles. The molecule has 0 amide bonds. The van der Waals surface area contributed by atoms with Crippen LogP contribution in [0.1, 0.15) is 321 Å². The first-order valence-corrected chi connectivity index (χ1v) is 30.0. The van der Waals surface area contributed by atoms with E-state index >= 15 is 0 Å². The van der Waals surface area contributed by atoms with Crippen molar-refractivity contribution < 1.29 is 16.5 Å². The maximum atomic E-state index is 5.34. The van der Waals surface area contributed by atoms with Crippen molar-refractivity contribution in [2.75, 3.05) is 0 Å². The third-order valence-corrected chi connectivity index (χ3v) is 13.9. The van der Waals surface area contributed by atoms with Crippen molar-refractivity contribution >= 4 is 22.8 Å². The maximum absolute atomic E-state index is 5.34. The molecule has 0 heterocycles. The average Bonchev–Trinajstić information content (AvgIpc) is 3.35. The van der Waals surface area contributed by atoms with Gasteiger partial charge in [0, 0.05) is 40.5 Å². The van der Waals surface area contributed by atoms with E-state index in [-0.39, 0.29) is 16.5 Å².